The summed E-state index contributed by atoms with van der Waals surface area (Å²) in [5.41, 5.74) is -3.63. The van der Waals surface area contributed by atoms with Gasteiger partial charge < -0.3 is 9.47 Å². The lowest BCUT2D eigenvalue weighted by atomic mass is 9.80. The van der Waals surface area contributed by atoms with Crippen LogP contribution in [0.15, 0.2) is 6.07 Å². The van der Waals surface area contributed by atoms with Crippen molar-refractivity contribution in [1.82, 2.24) is 0 Å². The molecule has 0 unspecified atom stereocenters. The van der Waals surface area contributed by atoms with Crippen molar-refractivity contribution in [3.63, 3.8) is 0 Å². The summed E-state index contributed by atoms with van der Waals surface area (Å²) in [6.07, 6.45) is -2.14. The van der Waals surface area contributed by atoms with Crippen LogP contribution in [0.2, 0.25) is 0 Å². The molecule has 31 heavy (non-hydrogen) atoms. The summed E-state index contributed by atoms with van der Waals surface area (Å²) in [4.78, 5) is 0. The van der Waals surface area contributed by atoms with Gasteiger partial charge in [0.2, 0.25) is 0 Å². The summed E-state index contributed by atoms with van der Waals surface area (Å²) in [5.74, 6) is -0.894. The third kappa shape index (κ3) is 6.94. The zero-order chi connectivity index (χ0) is 23.2. The Labute approximate surface area is 180 Å². The maximum absolute atomic E-state index is 13.8. The summed E-state index contributed by atoms with van der Waals surface area (Å²) < 4.78 is 92.5. The lowest BCUT2D eigenvalue weighted by molar-refractivity contribution is -0.164. The third-order valence-electron chi connectivity index (χ3n) is 5.94. The average molecular weight is 454 g/mol. The minimum absolute atomic E-state index is 0.0166. The molecule has 178 valence electrons. The molecule has 8 heteroatoms. The van der Waals surface area contributed by atoms with E-state index in [1.165, 1.54) is 26.7 Å². The molecule has 0 bridgehead atoms. The normalized spacial score (nSPS) is 20.0. The number of halogens is 6. The molecule has 0 N–H and O–H groups in total. The first kappa shape index (κ1) is 25.7. The summed E-state index contributed by atoms with van der Waals surface area (Å²) in [5, 5.41) is 0. The van der Waals surface area contributed by atoms with Crippen LogP contribution in [0.1, 0.15) is 81.9 Å². The van der Waals surface area contributed by atoms with E-state index in [9.17, 15) is 26.3 Å². The number of aryl methyl sites for hydroxylation is 1. The van der Waals surface area contributed by atoms with E-state index in [1.54, 1.807) is 0 Å². The fourth-order valence-corrected chi connectivity index (χ4v) is 4.35. The zero-order valence-electron chi connectivity index (χ0n) is 18.4. The van der Waals surface area contributed by atoms with Gasteiger partial charge in [-0.25, -0.2) is 0 Å². The minimum atomic E-state index is -5.23. The average Bonchev–Trinajstić information content (AvgIpc) is 2.66. The van der Waals surface area contributed by atoms with Gasteiger partial charge in [-0.05, 0) is 50.2 Å². The quantitative estimate of drug-likeness (QED) is 0.277. The number of benzene rings is 1. The van der Waals surface area contributed by atoms with Crippen molar-refractivity contribution < 1.29 is 35.8 Å². The van der Waals surface area contributed by atoms with Crippen molar-refractivity contribution in [2.75, 3.05) is 13.2 Å². The lowest BCUT2D eigenvalue weighted by Gasteiger charge is -2.29. The molecule has 1 aromatic carbocycles. The van der Waals surface area contributed by atoms with Crippen LogP contribution in [-0.2, 0) is 12.4 Å². The van der Waals surface area contributed by atoms with Crippen LogP contribution in [0.3, 0.4) is 0 Å². The smallest absolute Gasteiger partial charge is 0.420 e. The van der Waals surface area contributed by atoms with Crippen LogP contribution in [0.4, 0.5) is 26.3 Å². The van der Waals surface area contributed by atoms with Gasteiger partial charge in [0.15, 0.2) is 0 Å². The highest BCUT2D eigenvalue weighted by atomic mass is 19.4. The number of hydrogen-bond acceptors (Lipinski definition) is 2. The van der Waals surface area contributed by atoms with E-state index in [0.717, 1.165) is 44.6 Å². The van der Waals surface area contributed by atoms with Gasteiger partial charge >= 0.3 is 12.4 Å². The van der Waals surface area contributed by atoms with Gasteiger partial charge in [0, 0.05) is 0 Å². The molecule has 2 rings (SSSR count). The molecule has 0 atom stereocenters. The maximum Gasteiger partial charge on any atom is 0.420 e. The Morgan fingerprint density at radius 1 is 0.839 bits per heavy atom. The van der Waals surface area contributed by atoms with E-state index in [1.807, 2.05) is 0 Å². The number of unbranched alkanes of at least 4 members (excludes halogenated alkanes) is 2. The van der Waals surface area contributed by atoms with Crippen LogP contribution in [0, 0.1) is 18.8 Å². The summed E-state index contributed by atoms with van der Waals surface area (Å²) >= 11 is 0. The summed E-state index contributed by atoms with van der Waals surface area (Å²) in [6, 6.07) is 0.988. The molecule has 1 fully saturated rings. The van der Waals surface area contributed by atoms with Crippen LogP contribution in [-0.4, -0.2) is 13.2 Å². The fraction of sp³-hybridized carbons (Fsp3) is 0.739. The molecule has 0 amide bonds. The van der Waals surface area contributed by atoms with Gasteiger partial charge in [0.05, 0.1) is 13.2 Å². The molecule has 0 aliphatic heterocycles. The summed E-state index contributed by atoms with van der Waals surface area (Å²) in [6.45, 7) is 4.69. The Kier molecular flexibility index (Phi) is 8.95. The Balaban J connectivity index is 2.21. The molecule has 0 aromatic heterocycles. The highest BCUT2D eigenvalue weighted by Crippen LogP contribution is 2.50. The maximum atomic E-state index is 13.8. The van der Waals surface area contributed by atoms with Crippen molar-refractivity contribution in [3.05, 3.63) is 22.8 Å². The van der Waals surface area contributed by atoms with Gasteiger partial charge in [0.1, 0.15) is 22.6 Å². The van der Waals surface area contributed by atoms with Crippen molar-refractivity contribution in [2.45, 2.75) is 84.5 Å². The second-order valence-corrected chi connectivity index (χ2v) is 8.39. The molecule has 0 spiro atoms. The molecular weight excluding hydrogens is 422 g/mol. The van der Waals surface area contributed by atoms with Crippen LogP contribution < -0.4 is 9.47 Å². The van der Waals surface area contributed by atoms with E-state index < -0.39 is 35.0 Å². The topological polar surface area (TPSA) is 18.5 Å². The van der Waals surface area contributed by atoms with Crippen molar-refractivity contribution in [1.29, 1.82) is 0 Å². The largest absolute Gasteiger partial charge is 0.493 e. The van der Waals surface area contributed by atoms with Gasteiger partial charge in [0.25, 0.3) is 0 Å². The van der Waals surface area contributed by atoms with E-state index in [2.05, 4.69) is 6.92 Å². The molecule has 0 radical (unpaired) electrons. The van der Waals surface area contributed by atoms with Crippen LogP contribution in [0.5, 0.6) is 11.5 Å². The second kappa shape index (κ2) is 10.8. The van der Waals surface area contributed by atoms with E-state index in [-0.39, 0.29) is 24.7 Å². The standard InChI is InChI=1S/C23H32F6O2/c1-4-6-7-8-16-9-11-17(12-10-16)14-31-21-15(3)13-18(30-5-2)19(22(24,25)26)20(21)23(27,28)29/h13,16-17H,4-12,14H2,1-3H3. The molecule has 1 aromatic rings. The highest BCUT2D eigenvalue weighted by Gasteiger charge is 2.49. The monoisotopic (exact) mass is 454 g/mol. The first-order valence-corrected chi connectivity index (χ1v) is 11.1. The van der Waals surface area contributed by atoms with Crippen molar-refractivity contribution in [3.8, 4) is 11.5 Å². The first-order chi connectivity index (χ1) is 14.5. The lowest BCUT2D eigenvalue weighted by Crippen LogP contribution is -2.24. The molecule has 2 nitrogen and oxygen atoms in total. The number of hydrogen-bond donors (Lipinski definition) is 0. The van der Waals surface area contributed by atoms with Crippen molar-refractivity contribution >= 4 is 0 Å². The van der Waals surface area contributed by atoms with E-state index >= 15 is 0 Å². The second-order valence-electron chi connectivity index (χ2n) is 8.39. The first-order valence-electron chi connectivity index (χ1n) is 11.1. The molecule has 1 aliphatic rings. The Morgan fingerprint density at radius 2 is 1.42 bits per heavy atom. The van der Waals surface area contributed by atoms with Gasteiger partial charge in [-0.15, -0.1) is 0 Å². The SMILES string of the molecule is CCCCCC1CCC(COc2c(C)cc(OCC)c(C(F)(F)F)c2C(F)(F)F)CC1. The Bertz CT molecular complexity index is 703. The molecule has 0 heterocycles. The number of rotatable bonds is 9. The minimum Gasteiger partial charge on any atom is -0.493 e. The van der Waals surface area contributed by atoms with Crippen LogP contribution in [0.25, 0.3) is 0 Å². The zero-order valence-corrected chi connectivity index (χ0v) is 18.4. The molecule has 1 saturated carbocycles. The van der Waals surface area contributed by atoms with E-state index in [4.69, 9.17) is 9.47 Å². The predicted molar refractivity (Wildman–Crippen MR) is 107 cm³/mol. The van der Waals surface area contributed by atoms with Gasteiger partial charge in [-0.1, -0.05) is 45.4 Å². The summed E-state index contributed by atoms with van der Waals surface area (Å²) in [7, 11) is 0. The fourth-order valence-electron chi connectivity index (χ4n) is 4.35. The predicted octanol–water partition coefficient (Wildman–Crippen LogP) is 8.20. The van der Waals surface area contributed by atoms with Gasteiger partial charge in [-0.2, -0.15) is 26.3 Å². The third-order valence-corrected chi connectivity index (χ3v) is 5.94. The van der Waals surface area contributed by atoms with Crippen molar-refractivity contribution in [2.24, 2.45) is 11.8 Å². The molecular formula is C23H32F6O2. The Hall–Kier alpha value is -1.60. The highest BCUT2D eigenvalue weighted by molar-refractivity contribution is 5.56. The van der Waals surface area contributed by atoms with Gasteiger partial charge in [-0.3, -0.25) is 0 Å². The Morgan fingerprint density at radius 3 is 1.94 bits per heavy atom. The van der Waals surface area contributed by atoms with Crippen LogP contribution >= 0.6 is 0 Å². The molecule has 1 aliphatic carbocycles. The number of alkyl halides is 6. The number of ether oxygens (including phenoxy) is 2. The molecule has 0 saturated heterocycles. The van der Waals surface area contributed by atoms with E-state index in [0.29, 0.717) is 5.92 Å².